The summed E-state index contributed by atoms with van der Waals surface area (Å²) in [6, 6.07) is 13.0. The maximum atomic E-state index is 11.8. The number of hydrogen-bond donors (Lipinski definition) is 1. The van der Waals surface area contributed by atoms with Gasteiger partial charge in [0.2, 0.25) is 0 Å². The molecular weight excluding hydrogens is 252 g/mol. The van der Waals surface area contributed by atoms with E-state index in [9.17, 15) is 9.59 Å². The second-order valence-electron chi connectivity index (χ2n) is 4.42. The minimum Gasteiger partial charge on any atom is -0.351 e. The quantitative estimate of drug-likeness (QED) is 0.846. The van der Waals surface area contributed by atoms with Crippen molar-refractivity contribution in [3.8, 4) is 0 Å². The number of nitrogens with one attached hydrogen (secondary N) is 1. The van der Waals surface area contributed by atoms with Gasteiger partial charge in [0.15, 0.2) is 0 Å². The number of aldehydes is 1. The van der Waals surface area contributed by atoms with E-state index in [-0.39, 0.29) is 11.6 Å². The molecule has 0 unspecified atom stereocenters. The van der Waals surface area contributed by atoms with E-state index in [2.05, 4.69) is 10.3 Å². The molecule has 0 atom stereocenters. The fourth-order valence-electron chi connectivity index (χ4n) is 1.94. The summed E-state index contributed by atoms with van der Waals surface area (Å²) in [4.78, 5) is 27.1. The van der Waals surface area contributed by atoms with Crippen LogP contribution in [0.2, 0.25) is 0 Å². The molecule has 0 fully saturated rings. The van der Waals surface area contributed by atoms with E-state index < -0.39 is 0 Å². The van der Waals surface area contributed by atoms with Crippen LogP contribution in [0.25, 0.3) is 0 Å². The maximum absolute atomic E-state index is 11.8. The summed E-state index contributed by atoms with van der Waals surface area (Å²) >= 11 is 0. The van der Waals surface area contributed by atoms with Crippen LogP contribution in [0.1, 0.15) is 39.0 Å². The fraction of sp³-hybridized carbons (Fsp3) is 0.188. The van der Waals surface area contributed by atoms with E-state index in [4.69, 9.17) is 0 Å². The van der Waals surface area contributed by atoms with Crippen LogP contribution in [0.3, 0.4) is 0 Å². The number of pyridine rings is 1. The SMILES string of the molecule is CCNC(=O)c1cc(C=O)cc(Cc2ccccc2)n1. The van der Waals surface area contributed by atoms with E-state index in [1.54, 1.807) is 6.07 Å². The van der Waals surface area contributed by atoms with Crippen molar-refractivity contribution in [3.63, 3.8) is 0 Å². The Bertz CT molecular complexity index is 609. The number of rotatable bonds is 5. The van der Waals surface area contributed by atoms with Gasteiger partial charge in [0.05, 0.1) is 0 Å². The molecule has 102 valence electrons. The normalized spacial score (nSPS) is 10.1. The Morgan fingerprint density at radius 1 is 1.25 bits per heavy atom. The summed E-state index contributed by atoms with van der Waals surface area (Å²) in [7, 11) is 0. The molecule has 0 aliphatic rings. The smallest absolute Gasteiger partial charge is 0.269 e. The zero-order valence-corrected chi connectivity index (χ0v) is 11.3. The number of aromatic nitrogens is 1. The monoisotopic (exact) mass is 268 g/mol. The highest BCUT2D eigenvalue weighted by atomic mass is 16.1. The van der Waals surface area contributed by atoms with Crippen molar-refractivity contribution in [3.05, 3.63) is 65.0 Å². The highest BCUT2D eigenvalue weighted by Crippen LogP contribution is 2.10. The summed E-state index contributed by atoms with van der Waals surface area (Å²) in [5.41, 5.74) is 2.54. The molecule has 0 aliphatic heterocycles. The Kier molecular flexibility index (Phi) is 4.60. The third-order valence-electron chi connectivity index (χ3n) is 2.83. The lowest BCUT2D eigenvalue weighted by Gasteiger charge is -2.06. The van der Waals surface area contributed by atoms with Crippen LogP contribution in [0, 0.1) is 0 Å². The third-order valence-corrected chi connectivity index (χ3v) is 2.83. The summed E-state index contributed by atoms with van der Waals surface area (Å²) in [6.07, 6.45) is 1.33. The Balaban J connectivity index is 2.30. The maximum Gasteiger partial charge on any atom is 0.269 e. The molecule has 1 N–H and O–H groups in total. The first-order valence-electron chi connectivity index (χ1n) is 6.51. The summed E-state index contributed by atoms with van der Waals surface area (Å²) < 4.78 is 0. The molecule has 2 rings (SSSR count). The van der Waals surface area contributed by atoms with Crippen molar-refractivity contribution in [2.75, 3.05) is 6.54 Å². The number of nitrogens with zero attached hydrogens (tertiary/aromatic N) is 1. The van der Waals surface area contributed by atoms with Gasteiger partial charge in [-0.05, 0) is 24.6 Å². The number of carbonyl (C=O) groups is 2. The van der Waals surface area contributed by atoms with E-state index in [0.717, 1.165) is 11.8 Å². The lowest BCUT2D eigenvalue weighted by Crippen LogP contribution is -2.24. The predicted molar refractivity (Wildman–Crippen MR) is 76.9 cm³/mol. The van der Waals surface area contributed by atoms with Gasteiger partial charge < -0.3 is 5.32 Å². The largest absolute Gasteiger partial charge is 0.351 e. The average molecular weight is 268 g/mol. The van der Waals surface area contributed by atoms with Gasteiger partial charge in [-0.3, -0.25) is 9.59 Å². The predicted octanol–water partition coefficient (Wildman–Crippen LogP) is 2.23. The molecule has 0 aliphatic carbocycles. The van der Waals surface area contributed by atoms with Crippen molar-refractivity contribution in [2.45, 2.75) is 13.3 Å². The Labute approximate surface area is 117 Å². The molecule has 1 heterocycles. The van der Waals surface area contributed by atoms with Gasteiger partial charge in [0.1, 0.15) is 12.0 Å². The van der Waals surface area contributed by atoms with E-state index in [0.29, 0.717) is 24.2 Å². The number of hydrogen-bond acceptors (Lipinski definition) is 3. The van der Waals surface area contributed by atoms with Gasteiger partial charge in [-0.2, -0.15) is 0 Å². The van der Waals surface area contributed by atoms with Gasteiger partial charge in [-0.15, -0.1) is 0 Å². The molecule has 1 amide bonds. The van der Waals surface area contributed by atoms with Crippen LogP contribution in [0.4, 0.5) is 0 Å². The van der Waals surface area contributed by atoms with Crippen molar-refractivity contribution < 1.29 is 9.59 Å². The lowest BCUT2D eigenvalue weighted by molar-refractivity contribution is 0.0950. The molecule has 20 heavy (non-hydrogen) atoms. The third kappa shape index (κ3) is 3.51. The molecular formula is C16H16N2O2. The molecule has 1 aromatic carbocycles. The second-order valence-corrected chi connectivity index (χ2v) is 4.42. The fourth-order valence-corrected chi connectivity index (χ4v) is 1.94. The number of carbonyl (C=O) groups excluding carboxylic acids is 2. The molecule has 0 radical (unpaired) electrons. The van der Waals surface area contributed by atoms with E-state index in [1.807, 2.05) is 37.3 Å². The average Bonchev–Trinajstić information content (AvgIpc) is 2.48. The molecule has 2 aromatic rings. The van der Waals surface area contributed by atoms with Gasteiger partial charge in [0, 0.05) is 24.2 Å². The molecule has 1 aromatic heterocycles. The Hall–Kier alpha value is -2.49. The molecule has 0 saturated heterocycles. The van der Waals surface area contributed by atoms with Crippen molar-refractivity contribution in [1.82, 2.24) is 10.3 Å². The Morgan fingerprint density at radius 3 is 2.65 bits per heavy atom. The van der Waals surface area contributed by atoms with Gasteiger partial charge in [-0.1, -0.05) is 30.3 Å². The van der Waals surface area contributed by atoms with Crippen LogP contribution in [0.15, 0.2) is 42.5 Å². The zero-order valence-electron chi connectivity index (χ0n) is 11.3. The van der Waals surface area contributed by atoms with Crippen molar-refractivity contribution in [2.24, 2.45) is 0 Å². The number of benzene rings is 1. The van der Waals surface area contributed by atoms with E-state index in [1.165, 1.54) is 6.07 Å². The second kappa shape index (κ2) is 6.61. The summed E-state index contributed by atoms with van der Waals surface area (Å²) in [5, 5.41) is 2.69. The van der Waals surface area contributed by atoms with Gasteiger partial charge in [0.25, 0.3) is 5.91 Å². The molecule has 4 nitrogen and oxygen atoms in total. The topological polar surface area (TPSA) is 59.1 Å². The minimum atomic E-state index is -0.259. The standard InChI is InChI=1S/C16H16N2O2/c1-2-17-16(20)15-10-13(11-19)9-14(18-15)8-12-6-4-3-5-7-12/h3-7,9-11H,2,8H2,1H3,(H,17,20). The number of amides is 1. The van der Waals surface area contributed by atoms with Gasteiger partial charge in [-0.25, -0.2) is 4.98 Å². The summed E-state index contributed by atoms with van der Waals surface area (Å²) in [6.45, 7) is 2.37. The van der Waals surface area contributed by atoms with E-state index >= 15 is 0 Å². The molecule has 0 bridgehead atoms. The van der Waals surface area contributed by atoms with Crippen LogP contribution < -0.4 is 5.32 Å². The highest BCUT2D eigenvalue weighted by Gasteiger charge is 2.10. The first-order chi connectivity index (χ1) is 9.72. The Morgan fingerprint density at radius 2 is 2.00 bits per heavy atom. The zero-order chi connectivity index (χ0) is 14.4. The highest BCUT2D eigenvalue weighted by molar-refractivity contribution is 5.93. The van der Waals surface area contributed by atoms with Crippen LogP contribution >= 0.6 is 0 Å². The van der Waals surface area contributed by atoms with Crippen molar-refractivity contribution >= 4 is 12.2 Å². The van der Waals surface area contributed by atoms with Crippen LogP contribution in [-0.2, 0) is 6.42 Å². The first kappa shape index (κ1) is 13.9. The molecule has 0 spiro atoms. The lowest BCUT2D eigenvalue weighted by atomic mass is 10.1. The van der Waals surface area contributed by atoms with Crippen molar-refractivity contribution in [1.29, 1.82) is 0 Å². The molecule has 0 saturated carbocycles. The molecule has 4 heteroatoms. The van der Waals surface area contributed by atoms with Crippen LogP contribution in [0.5, 0.6) is 0 Å². The minimum absolute atomic E-state index is 0.259. The van der Waals surface area contributed by atoms with Gasteiger partial charge >= 0.3 is 0 Å². The van der Waals surface area contributed by atoms with Crippen LogP contribution in [-0.4, -0.2) is 23.7 Å². The first-order valence-corrected chi connectivity index (χ1v) is 6.51. The summed E-state index contributed by atoms with van der Waals surface area (Å²) in [5.74, 6) is -0.259.